The van der Waals surface area contributed by atoms with E-state index < -0.39 is 9.64 Å². The number of Topliss-reactive ketones (excluding diaryl/α,β-unsaturated/α-hetero) is 1. The van der Waals surface area contributed by atoms with Crippen molar-refractivity contribution >= 4 is 29.6 Å². The molecule has 0 aromatic heterocycles. The highest BCUT2D eigenvalue weighted by atomic mass is 79.9. The van der Waals surface area contributed by atoms with Crippen LogP contribution in [0.2, 0.25) is 5.31 Å². The summed E-state index contributed by atoms with van der Waals surface area (Å²) in [6.07, 6.45) is 2.60. The molecule has 0 heterocycles. The van der Waals surface area contributed by atoms with Gasteiger partial charge < -0.3 is 0 Å². The van der Waals surface area contributed by atoms with Crippen LogP contribution in [0.3, 0.4) is 0 Å². The summed E-state index contributed by atoms with van der Waals surface area (Å²) < 4.78 is -0.494. The zero-order valence-electron chi connectivity index (χ0n) is 8.56. The van der Waals surface area contributed by atoms with E-state index in [1.165, 1.54) is 0 Å². The van der Waals surface area contributed by atoms with Gasteiger partial charge in [0.05, 0.1) is 12.2 Å². The summed E-state index contributed by atoms with van der Waals surface area (Å²) in [4.78, 5) is 11.8. The molecule has 1 unspecified atom stereocenters. The number of carbonyl (C=O) groups excluding carboxylic acids is 1. The lowest BCUT2D eigenvalue weighted by molar-refractivity contribution is -0.124. The molecule has 0 aliphatic heterocycles. The molecule has 0 aromatic carbocycles. The molecule has 1 rings (SSSR count). The van der Waals surface area contributed by atoms with Gasteiger partial charge in [0.15, 0.2) is 0 Å². The summed E-state index contributed by atoms with van der Waals surface area (Å²) in [7, 11) is 6.01. The zero-order valence-corrected chi connectivity index (χ0v) is 10.1. The Kier molecular flexibility index (Phi) is 2.96. The predicted molar refractivity (Wildman–Crippen MR) is 59.5 cm³/mol. The standard InChI is InChI=1S/C10H16BBrO/c1-7-4-5-10(12,8(13)6-7)9(2,3)11/h7H,4-6H2,1-3H3/t7-,10?/m1/s1. The minimum Gasteiger partial charge on any atom is -0.298 e. The van der Waals surface area contributed by atoms with Gasteiger partial charge in [-0.1, -0.05) is 36.7 Å². The molecule has 0 aromatic rings. The molecule has 0 bridgehead atoms. The Morgan fingerprint density at radius 2 is 2.15 bits per heavy atom. The molecular weight excluding hydrogens is 227 g/mol. The van der Waals surface area contributed by atoms with Crippen LogP contribution >= 0.6 is 15.9 Å². The first-order valence-corrected chi connectivity index (χ1v) is 5.58. The minimum absolute atomic E-state index is 0.263. The van der Waals surface area contributed by atoms with Gasteiger partial charge in [0.2, 0.25) is 0 Å². The molecule has 1 fully saturated rings. The fraction of sp³-hybridized carbons (Fsp3) is 0.900. The van der Waals surface area contributed by atoms with Gasteiger partial charge in [-0.15, -0.1) is 0 Å². The van der Waals surface area contributed by atoms with Gasteiger partial charge >= 0.3 is 0 Å². The molecule has 1 aliphatic rings. The Morgan fingerprint density at radius 3 is 2.54 bits per heavy atom. The molecule has 1 saturated carbocycles. The molecule has 1 nitrogen and oxygen atoms in total. The first kappa shape index (κ1) is 11.3. The smallest absolute Gasteiger partial charge is 0.149 e. The third-order valence-corrected chi connectivity index (χ3v) is 4.84. The van der Waals surface area contributed by atoms with Gasteiger partial charge in [0, 0.05) is 6.42 Å². The molecule has 0 amide bonds. The lowest BCUT2D eigenvalue weighted by Gasteiger charge is -2.43. The van der Waals surface area contributed by atoms with Gasteiger partial charge in [-0.3, -0.25) is 4.79 Å². The number of carbonyl (C=O) groups is 1. The van der Waals surface area contributed by atoms with Crippen molar-refractivity contribution in [1.29, 1.82) is 0 Å². The van der Waals surface area contributed by atoms with Gasteiger partial charge in [-0.25, -0.2) is 0 Å². The second-order valence-electron chi connectivity index (χ2n) is 4.79. The number of halogens is 1. The normalized spacial score (nSPS) is 36.3. The van der Waals surface area contributed by atoms with E-state index in [0.717, 1.165) is 12.8 Å². The van der Waals surface area contributed by atoms with Crippen LogP contribution in [0.15, 0.2) is 0 Å². The Labute approximate surface area is 90.2 Å². The van der Waals surface area contributed by atoms with Crippen molar-refractivity contribution in [3.05, 3.63) is 0 Å². The number of hydrogen-bond acceptors (Lipinski definition) is 1. The third kappa shape index (κ3) is 2.00. The van der Waals surface area contributed by atoms with E-state index in [2.05, 4.69) is 22.9 Å². The van der Waals surface area contributed by atoms with Crippen LogP contribution in [-0.2, 0) is 4.79 Å². The van der Waals surface area contributed by atoms with Crippen molar-refractivity contribution in [3.63, 3.8) is 0 Å². The number of ketones is 1. The van der Waals surface area contributed by atoms with E-state index in [1.54, 1.807) is 0 Å². The van der Waals surface area contributed by atoms with Crippen molar-refractivity contribution in [2.24, 2.45) is 5.92 Å². The van der Waals surface area contributed by atoms with Crippen molar-refractivity contribution in [1.82, 2.24) is 0 Å². The first-order chi connectivity index (χ1) is 5.77. The van der Waals surface area contributed by atoms with Gasteiger partial charge in [0.1, 0.15) is 5.78 Å². The van der Waals surface area contributed by atoms with E-state index in [4.69, 9.17) is 7.85 Å². The Hall–Kier alpha value is 0.215. The summed E-state index contributed by atoms with van der Waals surface area (Å²) in [6, 6.07) is 0. The van der Waals surface area contributed by atoms with Crippen LogP contribution in [-0.4, -0.2) is 18.0 Å². The van der Waals surface area contributed by atoms with Crippen molar-refractivity contribution in [2.75, 3.05) is 0 Å². The number of rotatable bonds is 1. The number of hydrogen-bond donors (Lipinski definition) is 0. The molecule has 72 valence electrons. The molecule has 3 heteroatoms. The predicted octanol–water partition coefficient (Wildman–Crippen LogP) is 2.88. The summed E-state index contributed by atoms with van der Waals surface area (Å²) in [6.45, 7) is 5.94. The van der Waals surface area contributed by atoms with E-state index in [1.807, 2.05) is 13.8 Å². The Bertz CT molecular complexity index is 221. The molecule has 2 radical (unpaired) electrons. The molecular formula is C10H16BBrO. The highest BCUT2D eigenvalue weighted by molar-refractivity contribution is 9.10. The summed E-state index contributed by atoms with van der Waals surface area (Å²) in [5.74, 6) is 0.777. The Morgan fingerprint density at radius 1 is 1.62 bits per heavy atom. The van der Waals surface area contributed by atoms with E-state index in [9.17, 15) is 4.79 Å². The highest BCUT2D eigenvalue weighted by Crippen LogP contribution is 2.50. The lowest BCUT2D eigenvalue weighted by Crippen LogP contribution is -2.45. The SMILES string of the molecule is [B]C(C)(C)C1(Br)CC[C@@H](C)CC1=O. The minimum atomic E-state index is -0.494. The molecule has 13 heavy (non-hydrogen) atoms. The summed E-state index contributed by atoms with van der Waals surface area (Å²) in [5, 5.41) is -0.468. The maximum atomic E-state index is 11.8. The van der Waals surface area contributed by atoms with Crippen LogP contribution in [0.1, 0.15) is 40.0 Å². The average molecular weight is 243 g/mol. The quantitative estimate of drug-likeness (QED) is 0.511. The van der Waals surface area contributed by atoms with E-state index in [0.29, 0.717) is 12.3 Å². The first-order valence-electron chi connectivity index (χ1n) is 4.78. The molecule has 1 aliphatic carbocycles. The topological polar surface area (TPSA) is 17.1 Å². The van der Waals surface area contributed by atoms with Crippen LogP contribution in [0.25, 0.3) is 0 Å². The lowest BCUT2D eigenvalue weighted by atomic mass is 9.58. The van der Waals surface area contributed by atoms with Gasteiger partial charge in [0.25, 0.3) is 0 Å². The third-order valence-electron chi connectivity index (χ3n) is 2.98. The van der Waals surface area contributed by atoms with E-state index >= 15 is 0 Å². The largest absolute Gasteiger partial charge is 0.298 e. The molecule has 0 N–H and O–H groups in total. The Balaban J connectivity index is 2.86. The zero-order chi connectivity index (χ0) is 10.3. The second kappa shape index (κ2) is 3.41. The molecule has 0 spiro atoms. The van der Waals surface area contributed by atoms with Crippen LogP contribution in [0.5, 0.6) is 0 Å². The van der Waals surface area contributed by atoms with Crippen LogP contribution < -0.4 is 0 Å². The maximum absolute atomic E-state index is 11.8. The van der Waals surface area contributed by atoms with Gasteiger partial charge in [-0.2, -0.15) is 0 Å². The van der Waals surface area contributed by atoms with Crippen LogP contribution in [0, 0.1) is 5.92 Å². The second-order valence-corrected chi connectivity index (χ2v) is 6.15. The summed E-state index contributed by atoms with van der Waals surface area (Å²) in [5.41, 5.74) is 0. The van der Waals surface area contributed by atoms with Crippen molar-refractivity contribution < 1.29 is 4.79 Å². The maximum Gasteiger partial charge on any atom is 0.149 e. The van der Waals surface area contributed by atoms with Crippen LogP contribution in [0.4, 0.5) is 0 Å². The number of alkyl halides is 1. The summed E-state index contributed by atoms with van der Waals surface area (Å²) >= 11 is 3.53. The van der Waals surface area contributed by atoms with Gasteiger partial charge in [-0.05, 0) is 24.1 Å². The highest BCUT2D eigenvalue weighted by Gasteiger charge is 2.47. The van der Waals surface area contributed by atoms with Crippen molar-refractivity contribution in [3.8, 4) is 0 Å². The molecule has 2 atom stereocenters. The fourth-order valence-electron chi connectivity index (χ4n) is 1.85. The fourth-order valence-corrected chi connectivity index (χ4v) is 2.24. The average Bonchev–Trinajstić information content (AvgIpc) is 1.95. The molecule has 0 saturated heterocycles. The van der Waals surface area contributed by atoms with Crippen molar-refractivity contribution in [2.45, 2.75) is 49.7 Å². The van der Waals surface area contributed by atoms with E-state index in [-0.39, 0.29) is 5.78 Å². The monoisotopic (exact) mass is 242 g/mol.